The standard InChI is InChI=1S/C22H27NO3/c1-20(2)17-11-8-14(12-18(17)21(3,4)22(20,5)6)16-10-9-15(26-7)13-19(16)23(24)25/h8-13H,1-7H3. The Balaban J connectivity index is 2.23. The van der Waals surface area contributed by atoms with Gasteiger partial charge in [-0.25, -0.2) is 0 Å². The van der Waals surface area contributed by atoms with Crippen molar-refractivity contribution in [3.63, 3.8) is 0 Å². The highest BCUT2D eigenvalue weighted by Gasteiger charge is 2.56. The first-order valence-corrected chi connectivity index (χ1v) is 8.93. The summed E-state index contributed by atoms with van der Waals surface area (Å²) in [5.41, 5.74) is 4.21. The van der Waals surface area contributed by atoms with Gasteiger partial charge >= 0.3 is 0 Å². The molecule has 138 valence electrons. The molecule has 0 saturated heterocycles. The Morgan fingerprint density at radius 3 is 2.08 bits per heavy atom. The van der Waals surface area contributed by atoms with Crippen molar-refractivity contribution in [2.24, 2.45) is 5.41 Å². The van der Waals surface area contributed by atoms with E-state index in [9.17, 15) is 10.1 Å². The van der Waals surface area contributed by atoms with E-state index in [2.05, 4.69) is 53.7 Å². The predicted molar refractivity (Wildman–Crippen MR) is 105 cm³/mol. The SMILES string of the molecule is COc1ccc(-c2ccc3c(c2)C(C)(C)C(C)(C)C3(C)C)c([N+](=O)[O-])c1. The summed E-state index contributed by atoms with van der Waals surface area (Å²) in [5.74, 6) is 0.490. The molecule has 0 aliphatic heterocycles. The second-order valence-corrected chi connectivity index (χ2v) is 8.78. The number of benzene rings is 2. The van der Waals surface area contributed by atoms with Crippen LogP contribution >= 0.6 is 0 Å². The smallest absolute Gasteiger partial charge is 0.280 e. The van der Waals surface area contributed by atoms with E-state index in [-0.39, 0.29) is 26.9 Å². The molecule has 2 aromatic carbocycles. The quantitative estimate of drug-likeness (QED) is 0.512. The van der Waals surface area contributed by atoms with Gasteiger partial charge in [0, 0.05) is 0 Å². The summed E-state index contributed by atoms with van der Waals surface area (Å²) < 4.78 is 5.15. The summed E-state index contributed by atoms with van der Waals surface area (Å²) in [6.07, 6.45) is 0. The first kappa shape index (κ1) is 18.4. The molecule has 4 heteroatoms. The first-order valence-electron chi connectivity index (χ1n) is 8.93. The highest BCUT2D eigenvalue weighted by molar-refractivity contribution is 5.76. The summed E-state index contributed by atoms with van der Waals surface area (Å²) in [5, 5.41) is 11.6. The van der Waals surface area contributed by atoms with Gasteiger partial charge in [-0.15, -0.1) is 0 Å². The van der Waals surface area contributed by atoms with E-state index in [4.69, 9.17) is 4.74 Å². The molecule has 0 radical (unpaired) electrons. The maximum Gasteiger partial charge on any atom is 0.280 e. The van der Waals surface area contributed by atoms with Crippen LogP contribution in [0.5, 0.6) is 5.75 Å². The molecule has 0 aromatic heterocycles. The minimum Gasteiger partial charge on any atom is -0.497 e. The topological polar surface area (TPSA) is 52.4 Å². The second-order valence-electron chi connectivity index (χ2n) is 8.78. The van der Waals surface area contributed by atoms with E-state index in [0.29, 0.717) is 11.3 Å². The Hall–Kier alpha value is -2.36. The van der Waals surface area contributed by atoms with Crippen LogP contribution in [0, 0.1) is 15.5 Å². The third kappa shape index (κ3) is 2.28. The zero-order valence-electron chi connectivity index (χ0n) is 16.6. The molecular weight excluding hydrogens is 326 g/mol. The van der Waals surface area contributed by atoms with Crippen molar-refractivity contribution < 1.29 is 9.66 Å². The van der Waals surface area contributed by atoms with Gasteiger partial charge in [0.2, 0.25) is 0 Å². The average Bonchev–Trinajstić information content (AvgIpc) is 2.69. The molecule has 0 N–H and O–H groups in total. The Bertz CT molecular complexity index is 894. The van der Waals surface area contributed by atoms with E-state index < -0.39 is 0 Å². The van der Waals surface area contributed by atoms with Crippen LogP contribution in [0.15, 0.2) is 36.4 Å². The zero-order chi connectivity index (χ0) is 19.5. The summed E-state index contributed by atoms with van der Waals surface area (Å²) in [6, 6.07) is 11.3. The molecule has 4 nitrogen and oxygen atoms in total. The molecule has 0 unspecified atom stereocenters. The van der Waals surface area contributed by atoms with Gasteiger partial charge in [-0.3, -0.25) is 10.1 Å². The number of hydrogen-bond donors (Lipinski definition) is 0. The average molecular weight is 353 g/mol. The fraction of sp³-hybridized carbons (Fsp3) is 0.455. The molecule has 0 fully saturated rings. The number of nitro benzene ring substituents is 1. The Morgan fingerprint density at radius 2 is 1.50 bits per heavy atom. The maximum absolute atomic E-state index is 11.6. The fourth-order valence-electron chi connectivity index (χ4n) is 4.26. The minimum atomic E-state index is -0.343. The van der Waals surface area contributed by atoms with Gasteiger partial charge in [-0.1, -0.05) is 59.7 Å². The van der Waals surface area contributed by atoms with Crippen LogP contribution in [-0.2, 0) is 10.8 Å². The summed E-state index contributed by atoms with van der Waals surface area (Å²) in [6.45, 7) is 13.7. The number of methoxy groups -OCH3 is 1. The molecule has 0 spiro atoms. The number of fused-ring (bicyclic) bond motifs is 1. The van der Waals surface area contributed by atoms with Gasteiger partial charge in [0.25, 0.3) is 5.69 Å². The highest BCUT2D eigenvalue weighted by Crippen LogP contribution is 2.61. The normalized spacial score (nSPS) is 19.0. The number of rotatable bonds is 3. The van der Waals surface area contributed by atoms with Crippen LogP contribution in [0.4, 0.5) is 5.69 Å². The van der Waals surface area contributed by atoms with Crippen LogP contribution in [0.2, 0.25) is 0 Å². The fourth-order valence-corrected chi connectivity index (χ4v) is 4.26. The maximum atomic E-state index is 11.6. The van der Waals surface area contributed by atoms with E-state index in [1.165, 1.54) is 24.3 Å². The van der Waals surface area contributed by atoms with Crippen LogP contribution in [0.1, 0.15) is 52.7 Å². The molecule has 3 rings (SSSR count). The van der Waals surface area contributed by atoms with Crippen molar-refractivity contribution in [3.8, 4) is 16.9 Å². The number of ether oxygens (including phenoxy) is 1. The van der Waals surface area contributed by atoms with Crippen LogP contribution in [-0.4, -0.2) is 12.0 Å². The molecule has 0 saturated carbocycles. The molecular formula is C22H27NO3. The minimum absolute atomic E-state index is 0.0240. The third-order valence-electron chi connectivity index (χ3n) is 7.20. The lowest BCUT2D eigenvalue weighted by molar-refractivity contribution is -0.384. The van der Waals surface area contributed by atoms with Gasteiger partial charge in [0.05, 0.1) is 23.7 Å². The van der Waals surface area contributed by atoms with Crippen molar-refractivity contribution >= 4 is 5.69 Å². The van der Waals surface area contributed by atoms with Crippen LogP contribution in [0.25, 0.3) is 11.1 Å². The first-order chi connectivity index (χ1) is 11.9. The number of nitro groups is 1. The molecule has 1 aliphatic carbocycles. The van der Waals surface area contributed by atoms with Gasteiger partial charge in [-0.2, -0.15) is 0 Å². The van der Waals surface area contributed by atoms with Gasteiger partial charge in [0.15, 0.2) is 0 Å². The monoisotopic (exact) mass is 353 g/mol. The largest absolute Gasteiger partial charge is 0.497 e. The lowest BCUT2D eigenvalue weighted by atomic mass is 9.59. The van der Waals surface area contributed by atoms with Crippen molar-refractivity contribution in [1.29, 1.82) is 0 Å². The number of nitrogens with zero attached hydrogens (tertiary/aromatic N) is 1. The van der Waals surface area contributed by atoms with E-state index in [0.717, 1.165) is 5.56 Å². The Labute approximate surface area is 155 Å². The van der Waals surface area contributed by atoms with Crippen molar-refractivity contribution in [2.45, 2.75) is 52.4 Å². The van der Waals surface area contributed by atoms with E-state index >= 15 is 0 Å². The molecule has 0 atom stereocenters. The summed E-state index contributed by atoms with van der Waals surface area (Å²) in [4.78, 5) is 11.2. The molecule has 26 heavy (non-hydrogen) atoms. The zero-order valence-corrected chi connectivity index (χ0v) is 16.6. The van der Waals surface area contributed by atoms with Gasteiger partial charge in [-0.05, 0) is 45.1 Å². The van der Waals surface area contributed by atoms with Gasteiger partial charge < -0.3 is 4.74 Å². The molecule has 0 heterocycles. The molecule has 0 bridgehead atoms. The summed E-state index contributed by atoms with van der Waals surface area (Å²) in [7, 11) is 1.51. The second kappa shape index (κ2) is 5.57. The van der Waals surface area contributed by atoms with Crippen molar-refractivity contribution in [1.82, 2.24) is 0 Å². The lowest BCUT2D eigenvalue weighted by Gasteiger charge is -2.44. The Morgan fingerprint density at radius 1 is 0.885 bits per heavy atom. The van der Waals surface area contributed by atoms with E-state index in [1.807, 2.05) is 6.07 Å². The van der Waals surface area contributed by atoms with Gasteiger partial charge in [0.1, 0.15) is 5.75 Å². The summed E-state index contributed by atoms with van der Waals surface area (Å²) >= 11 is 0. The third-order valence-corrected chi connectivity index (χ3v) is 7.20. The molecule has 1 aliphatic rings. The van der Waals surface area contributed by atoms with Crippen molar-refractivity contribution in [3.05, 3.63) is 57.6 Å². The van der Waals surface area contributed by atoms with Crippen LogP contribution < -0.4 is 4.74 Å². The lowest BCUT2D eigenvalue weighted by Crippen LogP contribution is -2.42. The van der Waals surface area contributed by atoms with Crippen LogP contribution in [0.3, 0.4) is 0 Å². The van der Waals surface area contributed by atoms with E-state index in [1.54, 1.807) is 12.1 Å². The molecule has 2 aromatic rings. The number of hydrogen-bond acceptors (Lipinski definition) is 3. The Kier molecular flexibility index (Phi) is 3.95. The van der Waals surface area contributed by atoms with Crippen molar-refractivity contribution in [2.75, 3.05) is 7.11 Å². The highest BCUT2D eigenvalue weighted by atomic mass is 16.6. The predicted octanol–water partition coefficient (Wildman–Crippen LogP) is 5.87. The molecule has 0 amide bonds.